The first kappa shape index (κ1) is 13.3. The van der Waals surface area contributed by atoms with Crippen molar-refractivity contribution in [2.75, 3.05) is 0 Å². The molecule has 0 fully saturated rings. The fourth-order valence-electron chi connectivity index (χ4n) is 2.12. The van der Waals surface area contributed by atoms with Gasteiger partial charge in [-0.05, 0) is 36.8 Å². The van der Waals surface area contributed by atoms with E-state index in [1.807, 2.05) is 37.3 Å². The zero-order valence-electron chi connectivity index (χ0n) is 10.9. The van der Waals surface area contributed by atoms with Crippen molar-refractivity contribution in [1.82, 2.24) is 4.98 Å². The highest BCUT2D eigenvalue weighted by Crippen LogP contribution is 2.24. The number of ketones is 1. The van der Waals surface area contributed by atoms with Crippen LogP contribution in [0.3, 0.4) is 0 Å². The first-order chi connectivity index (χ1) is 9.63. The number of rotatable bonds is 3. The van der Waals surface area contributed by atoms with Crippen molar-refractivity contribution < 1.29 is 4.79 Å². The van der Waals surface area contributed by atoms with Crippen molar-refractivity contribution in [3.63, 3.8) is 0 Å². The summed E-state index contributed by atoms with van der Waals surface area (Å²) in [5.74, 6) is 0.0593. The highest BCUT2D eigenvalue weighted by Gasteiger charge is 2.13. The van der Waals surface area contributed by atoms with Crippen LogP contribution < -0.4 is 0 Å². The lowest BCUT2D eigenvalue weighted by molar-refractivity contribution is 0.0992. The van der Waals surface area contributed by atoms with Crippen molar-refractivity contribution in [2.24, 2.45) is 0 Å². The maximum atomic E-state index is 12.4. The summed E-state index contributed by atoms with van der Waals surface area (Å²) in [6.45, 7) is 1.92. The average Bonchev–Trinajstić information content (AvgIpc) is 2.83. The number of carbonyl (C=O) groups excluding carboxylic acids is 1. The maximum absolute atomic E-state index is 12.4. The van der Waals surface area contributed by atoms with E-state index >= 15 is 0 Å². The standard InChI is InChI=1S/C16H12ClNOS/c1-10-6-7-11(17)8-12(10)14(19)9-16-18-13-4-2-3-5-15(13)20-16/h2-8H,9H2,1H3. The first-order valence-electron chi connectivity index (χ1n) is 6.27. The molecule has 20 heavy (non-hydrogen) atoms. The summed E-state index contributed by atoms with van der Waals surface area (Å²) >= 11 is 7.53. The molecule has 3 rings (SSSR count). The van der Waals surface area contributed by atoms with Gasteiger partial charge in [-0.3, -0.25) is 4.79 Å². The minimum absolute atomic E-state index is 0.0593. The van der Waals surface area contributed by atoms with Gasteiger partial charge in [0.1, 0.15) is 5.01 Å². The molecule has 0 bridgehead atoms. The van der Waals surface area contributed by atoms with Gasteiger partial charge in [0.15, 0.2) is 5.78 Å². The Morgan fingerprint density at radius 2 is 2.05 bits per heavy atom. The summed E-state index contributed by atoms with van der Waals surface area (Å²) in [6.07, 6.45) is 0.320. The van der Waals surface area contributed by atoms with Crippen LogP contribution in [0.4, 0.5) is 0 Å². The molecule has 0 saturated carbocycles. The molecule has 3 aromatic rings. The molecular weight excluding hydrogens is 290 g/mol. The predicted molar refractivity (Wildman–Crippen MR) is 83.8 cm³/mol. The van der Waals surface area contributed by atoms with Gasteiger partial charge in [0.05, 0.1) is 16.6 Å². The van der Waals surface area contributed by atoms with Crippen molar-refractivity contribution >= 4 is 38.9 Å². The van der Waals surface area contributed by atoms with Gasteiger partial charge >= 0.3 is 0 Å². The van der Waals surface area contributed by atoms with E-state index in [1.165, 1.54) is 0 Å². The molecule has 100 valence electrons. The number of fused-ring (bicyclic) bond motifs is 1. The van der Waals surface area contributed by atoms with Crippen LogP contribution in [0.5, 0.6) is 0 Å². The summed E-state index contributed by atoms with van der Waals surface area (Å²) in [6, 6.07) is 13.3. The number of benzene rings is 2. The van der Waals surface area contributed by atoms with E-state index in [0.717, 1.165) is 20.8 Å². The predicted octanol–water partition coefficient (Wildman–Crippen LogP) is 4.68. The van der Waals surface area contributed by atoms with E-state index in [2.05, 4.69) is 4.98 Å². The molecule has 4 heteroatoms. The van der Waals surface area contributed by atoms with Gasteiger partial charge in [-0.2, -0.15) is 0 Å². The fourth-order valence-corrected chi connectivity index (χ4v) is 3.26. The molecule has 0 saturated heterocycles. The van der Waals surface area contributed by atoms with E-state index in [9.17, 15) is 4.79 Å². The minimum atomic E-state index is 0.0593. The Bertz CT molecular complexity index is 761. The SMILES string of the molecule is Cc1ccc(Cl)cc1C(=O)Cc1nc2ccccc2s1. The molecule has 0 amide bonds. The van der Waals surface area contributed by atoms with Crippen LogP contribution >= 0.6 is 22.9 Å². The lowest BCUT2D eigenvalue weighted by Gasteiger charge is -2.04. The number of hydrogen-bond acceptors (Lipinski definition) is 3. The fraction of sp³-hybridized carbons (Fsp3) is 0.125. The van der Waals surface area contributed by atoms with E-state index in [0.29, 0.717) is 17.0 Å². The Hall–Kier alpha value is -1.71. The van der Waals surface area contributed by atoms with Crippen LogP contribution in [0.1, 0.15) is 20.9 Å². The van der Waals surface area contributed by atoms with Gasteiger partial charge in [-0.15, -0.1) is 11.3 Å². The molecular formula is C16H12ClNOS. The molecule has 0 atom stereocenters. The monoisotopic (exact) mass is 301 g/mol. The summed E-state index contributed by atoms with van der Waals surface area (Å²) < 4.78 is 1.11. The molecule has 0 radical (unpaired) electrons. The highest BCUT2D eigenvalue weighted by molar-refractivity contribution is 7.18. The van der Waals surface area contributed by atoms with E-state index in [-0.39, 0.29) is 5.78 Å². The Balaban J connectivity index is 1.90. The van der Waals surface area contributed by atoms with Gasteiger partial charge < -0.3 is 0 Å². The van der Waals surface area contributed by atoms with Gasteiger partial charge in [-0.1, -0.05) is 29.8 Å². The van der Waals surface area contributed by atoms with Gasteiger partial charge in [-0.25, -0.2) is 4.98 Å². The highest BCUT2D eigenvalue weighted by atomic mass is 35.5. The van der Waals surface area contributed by atoms with Crippen LogP contribution in [-0.2, 0) is 6.42 Å². The Labute approximate surface area is 126 Å². The molecule has 2 nitrogen and oxygen atoms in total. The summed E-state index contributed by atoms with van der Waals surface area (Å²) in [4.78, 5) is 16.9. The lowest BCUT2D eigenvalue weighted by Crippen LogP contribution is -2.05. The molecule has 1 aromatic heterocycles. The van der Waals surface area contributed by atoms with Crippen molar-refractivity contribution in [3.8, 4) is 0 Å². The summed E-state index contributed by atoms with van der Waals surface area (Å²) in [5, 5.41) is 1.43. The number of nitrogens with zero attached hydrogens (tertiary/aromatic N) is 1. The number of carbonyl (C=O) groups is 1. The van der Waals surface area contributed by atoms with Crippen LogP contribution in [0.2, 0.25) is 5.02 Å². The quantitative estimate of drug-likeness (QED) is 0.657. The number of para-hydroxylation sites is 1. The third-order valence-corrected chi connectivity index (χ3v) is 4.42. The molecule has 1 heterocycles. The molecule has 0 unspecified atom stereocenters. The maximum Gasteiger partial charge on any atom is 0.169 e. The Morgan fingerprint density at radius 1 is 1.25 bits per heavy atom. The van der Waals surface area contributed by atoms with Gasteiger partial charge in [0, 0.05) is 10.6 Å². The second kappa shape index (κ2) is 5.35. The number of thiazole rings is 1. The average molecular weight is 302 g/mol. The third-order valence-electron chi connectivity index (χ3n) is 3.15. The minimum Gasteiger partial charge on any atom is -0.294 e. The number of hydrogen-bond donors (Lipinski definition) is 0. The molecule has 0 aliphatic rings. The van der Waals surface area contributed by atoms with Crippen LogP contribution in [0.15, 0.2) is 42.5 Å². The third kappa shape index (κ3) is 2.60. The van der Waals surface area contributed by atoms with E-state index in [1.54, 1.807) is 23.5 Å². The molecule has 0 aliphatic heterocycles. The largest absolute Gasteiger partial charge is 0.294 e. The molecule has 0 aliphatic carbocycles. The Morgan fingerprint density at radius 3 is 2.85 bits per heavy atom. The number of Topliss-reactive ketones (excluding diaryl/α,β-unsaturated/α-hetero) is 1. The second-order valence-corrected chi connectivity index (χ2v) is 6.19. The zero-order chi connectivity index (χ0) is 14.1. The van der Waals surface area contributed by atoms with Crippen molar-refractivity contribution in [2.45, 2.75) is 13.3 Å². The zero-order valence-corrected chi connectivity index (χ0v) is 12.5. The molecule has 0 spiro atoms. The number of halogens is 1. The number of aromatic nitrogens is 1. The second-order valence-electron chi connectivity index (χ2n) is 4.63. The first-order valence-corrected chi connectivity index (χ1v) is 7.47. The topological polar surface area (TPSA) is 30.0 Å². The Kier molecular flexibility index (Phi) is 3.55. The summed E-state index contributed by atoms with van der Waals surface area (Å²) in [7, 11) is 0. The summed E-state index contributed by atoms with van der Waals surface area (Å²) in [5.41, 5.74) is 2.57. The normalized spacial score (nSPS) is 10.9. The molecule has 0 N–H and O–H groups in total. The van der Waals surface area contributed by atoms with E-state index < -0.39 is 0 Å². The van der Waals surface area contributed by atoms with Gasteiger partial charge in [0.25, 0.3) is 0 Å². The van der Waals surface area contributed by atoms with Gasteiger partial charge in [0.2, 0.25) is 0 Å². The van der Waals surface area contributed by atoms with Crippen molar-refractivity contribution in [3.05, 3.63) is 63.6 Å². The molecule has 2 aromatic carbocycles. The van der Waals surface area contributed by atoms with Crippen molar-refractivity contribution in [1.29, 1.82) is 0 Å². The van der Waals surface area contributed by atoms with Crippen LogP contribution in [0, 0.1) is 6.92 Å². The lowest BCUT2D eigenvalue weighted by atomic mass is 10.0. The smallest absolute Gasteiger partial charge is 0.169 e. The van der Waals surface area contributed by atoms with Crippen LogP contribution in [-0.4, -0.2) is 10.8 Å². The van der Waals surface area contributed by atoms with Crippen LogP contribution in [0.25, 0.3) is 10.2 Å². The van der Waals surface area contributed by atoms with E-state index in [4.69, 9.17) is 11.6 Å². The number of aryl methyl sites for hydroxylation is 1.